The smallest absolute Gasteiger partial charge is 0.0399 e. The molecule has 0 N–H and O–H groups in total. The number of rotatable bonds is 3. The first-order chi connectivity index (χ1) is 8.91. The van der Waals surface area contributed by atoms with Crippen molar-refractivity contribution in [2.24, 2.45) is 17.3 Å². The van der Waals surface area contributed by atoms with Crippen LogP contribution in [0.2, 0.25) is 0 Å². The lowest BCUT2D eigenvalue weighted by atomic mass is 9.81. The zero-order valence-electron chi connectivity index (χ0n) is 12.7. The lowest BCUT2D eigenvalue weighted by Crippen LogP contribution is -2.41. The van der Waals surface area contributed by atoms with Gasteiger partial charge in [0.15, 0.2) is 0 Å². The Morgan fingerprint density at radius 2 is 2.00 bits per heavy atom. The Morgan fingerprint density at radius 1 is 1.32 bits per heavy atom. The number of hydrogen-bond donors (Lipinski definition) is 1. The summed E-state index contributed by atoms with van der Waals surface area (Å²) in [5.74, 6) is 2.32. The molecule has 2 heteroatoms. The minimum absolute atomic E-state index is 0.317. The van der Waals surface area contributed by atoms with E-state index < -0.39 is 0 Å². The van der Waals surface area contributed by atoms with Gasteiger partial charge in [0.2, 0.25) is 0 Å². The van der Waals surface area contributed by atoms with Crippen molar-refractivity contribution in [2.75, 3.05) is 23.7 Å². The van der Waals surface area contributed by atoms with E-state index in [9.17, 15) is 0 Å². The van der Waals surface area contributed by atoms with Crippen molar-refractivity contribution in [1.29, 1.82) is 0 Å². The standard InChI is InChI=1S/C17H27NS/c1-13-9-14-7-5-6-8-16(14)18(10-13)11-15(12-19)17(2,3)4/h5-8,13,15,19H,9-12H2,1-4H3. The average molecular weight is 277 g/mol. The van der Waals surface area contributed by atoms with E-state index >= 15 is 0 Å². The Morgan fingerprint density at radius 3 is 2.63 bits per heavy atom. The summed E-state index contributed by atoms with van der Waals surface area (Å²) in [5.41, 5.74) is 3.27. The molecule has 0 aromatic heterocycles. The normalized spacial score (nSPS) is 21.1. The van der Waals surface area contributed by atoms with Gasteiger partial charge >= 0.3 is 0 Å². The first-order valence-electron chi connectivity index (χ1n) is 7.35. The van der Waals surface area contributed by atoms with Crippen molar-refractivity contribution in [3.8, 4) is 0 Å². The highest BCUT2D eigenvalue weighted by atomic mass is 32.1. The molecule has 0 bridgehead atoms. The third-order valence-electron chi connectivity index (χ3n) is 4.32. The van der Waals surface area contributed by atoms with E-state index in [1.807, 2.05) is 0 Å². The molecule has 19 heavy (non-hydrogen) atoms. The van der Waals surface area contributed by atoms with Crippen LogP contribution in [0, 0.1) is 17.3 Å². The van der Waals surface area contributed by atoms with Gasteiger partial charge in [-0.25, -0.2) is 0 Å². The summed E-state index contributed by atoms with van der Waals surface area (Å²) in [5, 5.41) is 0. The highest BCUT2D eigenvalue weighted by Gasteiger charge is 2.28. The SMILES string of the molecule is CC1Cc2ccccc2N(CC(CS)C(C)(C)C)C1. The third-order valence-corrected chi connectivity index (χ3v) is 4.76. The summed E-state index contributed by atoms with van der Waals surface area (Å²) >= 11 is 4.57. The lowest BCUT2D eigenvalue weighted by molar-refractivity contribution is 0.266. The molecule has 1 heterocycles. The van der Waals surface area contributed by atoms with Gasteiger partial charge in [-0.1, -0.05) is 45.9 Å². The van der Waals surface area contributed by atoms with E-state index in [0.717, 1.165) is 18.2 Å². The molecule has 0 amide bonds. The number of hydrogen-bond acceptors (Lipinski definition) is 2. The molecule has 1 aliphatic rings. The van der Waals surface area contributed by atoms with Crippen LogP contribution in [-0.2, 0) is 6.42 Å². The van der Waals surface area contributed by atoms with Crippen LogP contribution in [0.25, 0.3) is 0 Å². The molecule has 1 aromatic carbocycles. The molecule has 2 atom stereocenters. The van der Waals surface area contributed by atoms with E-state index in [1.54, 1.807) is 0 Å². The molecular formula is C17H27NS. The van der Waals surface area contributed by atoms with Crippen LogP contribution in [0.1, 0.15) is 33.3 Å². The first kappa shape index (κ1) is 14.8. The number of para-hydroxylation sites is 1. The second-order valence-electron chi connectivity index (χ2n) is 7.09. The van der Waals surface area contributed by atoms with Crippen LogP contribution < -0.4 is 4.90 Å². The summed E-state index contributed by atoms with van der Waals surface area (Å²) in [6, 6.07) is 8.88. The number of fused-ring (bicyclic) bond motifs is 1. The number of benzene rings is 1. The predicted octanol–water partition coefficient (Wildman–Crippen LogP) is 4.28. The van der Waals surface area contributed by atoms with Crippen LogP contribution in [0.4, 0.5) is 5.69 Å². The van der Waals surface area contributed by atoms with Gasteiger partial charge in [-0.05, 0) is 41.1 Å². The zero-order valence-corrected chi connectivity index (χ0v) is 13.6. The maximum absolute atomic E-state index is 4.57. The number of anilines is 1. The fourth-order valence-electron chi connectivity index (χ4n) is 2.95. The zero-order chi connectivity index (χ0) is 14.0. The number of thiol groups is 1. The van der Waals surface area contributed by atoms with Gasteiger partial charge in [0.1, 0.15) is 0 Å². The molecule has 0 fully saturated rings. The summed E-state index contributed by atoms with van der Waals surface area (Å²) in [6.07, 6.45) is 1.22. The van der Waals surface area contributed by atoms with Gasteiger partial charge in [0.25, 0.3) is 0 Å². The molecule has 2 rings (SSSR count). The number of nitrogens with zero attached hydrogens (tertiary/aromatic N) is 1. The minimum atomic E-state index is 0.317. The van der Waals surface area contributed by atoms with E-state index in [0.29, 0.717) is 11.3 Å². The van der Waals surface area contributed by atoms with Crippen LogP contribution in [0.5, 0.6) is 0 Å². The summed E-state index contributed by atoms with van der Waals surface area (Å²) < 4.78 is 0. The topological polar surface area (TPSA) is 3.24 Å². The second kappa shape index (κ2) is 5.78. The average Bonchev–Trinajstić information content (AvgIpc) is 2.34. The van der Waals surface area contributed by atoms with Crippen LogP contribution in [0.15, 0.2) is 24.3 Å². The van der Waals surface area contributed by atoms with Gasteiger partial charge in [0.05, 0.1) is 0 Å². The Labute approximate surface area is 123 Å². The van der Waals surface area contributed by atoms with Crippen molar-refractivity contribution < 1.29 is 0 Å². The molecule has 0 radical (unpaired) electrons. The fraction of sp³-hybridized carbons (Fsp3) is 0.647. The fourth-order valence-corrected chi connectivity index (χ4v) is 3.61. The lowest BCUT2D eigenvalue weighted by Gasteiger charge is -2.40. The third kappa shape index (κ3) is 3.47. The van der Waals surface area contributed by atoms with Crippen LogP contribution in [-0.4, -0.2) is 18.8 Å². The van der Waals surface area contributed by atoms with Crippen molar-refractivity contribution in [3.05, 3.63) is 29.8 Å². The molecule has 0 saturated heterocycles. The van der Waals surface area contributed by atoms with Gasteiger partial charge in [-0.3, -0.25) is 0 Å². The minimum Gasteiger partial charge on any atom is -0.371 e. The monoisotopic (exact) mass is 277 g/mol. The Kier molecular flexibility index (Phi) is 4.50. The molecule has 0 aliphatic carbocycles. The highest BCUT2D eigenvalue weighted by molar-refractivity contribution is 7.80. The Balaban J connectivity index is 2.21. The molecule has 0 saturated carbocycles. The second-order valence-corrected chi connectivity index (χ2v) is 7.45. The van der Waals surface area contributed by atoms with Crippen LogP contribution in [0.3, 0.4) is 0 Å². The summed E-state index contributed by atoms with van der Waals surface area (Å²) in [4.78, 5) is 2.58. The molecule has 2 unspecified atom stereocenters. The summed E-state index contributed by atoms with van der Waals surface area (Å²) in [7, 11) is 0. The van der Waals surface area contributed by atoms with Gasteiger partial charge in [-0.15, -0.1) is 0 Å². The van der Waals surface area contributed by atoms with Crippen molar-refractivity contribution in [1.82, 2.24) is 0 Å². The Bertz CT molecular complexity index is 422. The molecule has 106 valence electrons. The van der Waals surface area contributed by atoms with Gasteiger partial charge < -0.3 is 4.90 Å². The first-order valence-corrected chi connectivity index (χ1v) is 7.98. The van der Waals surface area contributed by atoms with E-state index in [-0.39, 0.29) is 0 Å². The van der Waals surface area contributed by atoms with E-state index in [4.69, 9.17) is 0 Å². The molecule has 1 nitrogen and oxygen atoms in total. The van der Waals surface area contributed by atoms with Gasteiger partial charge in [-0.2, -0.15) is 12.6 Å². The van der Waals surface area contributed by atoms with E-state index in [2.05, 4.69) is 69.5 Å². The van der Waals surface area contributed by atoms with Crippen LogP contribution >= 0.6 is 12.6 Å². The molecule has 1 aromatic rings. The molecular weight excluding hydrogens is 250 g/mol. The van der Waals surface area contributed by atoms with Crippen molar-refractivity contribution in [2.45, 2.75) is 34.1 Å². The van der Waals surface area contributed by atoms with Gasteiger partial charge in [0, 0.05) is 18.8 Å². The predicted molar refractivity (Wildman–Crippen MR) is 88.3 cm³/mol. The highest BCUT2D eigenvalue weighted by Crippen LogP contribution is 2.34. The van der Waals surface area contributed by atoms with Crippen molar-refractivity contribution >= 4 is 18.3 Å². The molecule has 0 spiro atoms. The van der Waals surface area contributed by atoms with Crippen molar-refractivity contribution in [3.63, 3.8) is 0 Å². The Hall–Kier alpha value is -0.630. The summed E-state index contributed by atoms with van der Waals surface area (Å²) in [6.45, 7) is 11.6. The maximum atomic E-state index is 4.57. The quantitative estimate of drug-likeness (QED) is 0.807. The van der Waals surface area contributed by atoms with E-state index in [1.165, 1.54) is 24.2 Å². The molecule has 1 aliphatic heterocycles. The maximum Gasteiger partial charge on any atom is 0.0399 e. The largest absolute Gasteiger partial charge is 0.371 e.